The third-order valence-corrected chi connectivity index (χ3v) is 9.17. The number of aliphatic carboxylic acids is 1. The van der Waals surface area contributed by atoms with E-state index >= 15 is 0 Å². The molecule has 10 N–H and O–H groups in total. The molecule has 10 atom stereocenters. The van der Waals surface area contributed by atoms with E-state index in [0.717, 1.165) is 11.1 Å². The van der Waals surface area contributed by atoms with Crippen molar-refractivity contribution < 1.29 is 65.3 Å². The number of benzene rings is 2. The van der Waals surface area contributed by atoms with Crippen molar-refractivity contribution in [2.45, 2.75) is 85.7 Å². The van der Waals surface area contributed by atoms with Crippen LogP contribution in [0.4, 0.5) is 0 Å². The predicted octanol–water partition coefficient (Wildman–Crippen LogP) is -2.41. The van der Waals surface area contributed by atoms with Crippen LogP contribution in [0.2, 0.25) is 0 Å². The lowest BCUT2D eigenvalue weighted by Gasteiger charge is -2.37. The molecule has 2 aromatic carbocycles. The van der Waals surface area contributed by atoms with Crippen LogP contribution in [0.3, 0.4) is 0 Å². The maximum atomic E-state index is 11.8. The molecule has 47 heavy (non-hydrogen) atoms. The maximum Gasteiger partial charge on any atom is 0.303 e. The van der Waals surface area contributed by atoms with Gasteiger partial charge in [-0.2, -0.15) is 0 Å². The number of ether oxygens (including phenoxy) is 2. The monoisotopic (exact) mass is 654 g/mol. The Hall–Kier alpha value is -3.41. The van der Waals surface area contributed by atoms with Gasteiger partial charge in [0.25, 0.3) is 0 Å². The molecule has 13 nitrogen and oxygen atoms in total. The van der Waals surface area contributed by atoms with Gasteiger partial charge in [-0.15, -0.1) is 0 Å². The van der Waals surface area contributed by atoms with Gasteiger partial charge in [-0.25, -0.2) is 0 Å². The molecule has 0 saturated carbocycles. The van der Waals surface area contributed by atoms with E-state index in [1.807, 2.05) is 12.1 Å². The van der Waals surface area contributed by atoms with Crippen molar-refractivity contribution in [3.05, 3.63) is 58.7 Å². The van der Waals surface area contributed by atoms with E-state index in [9.17, 15) is 55.9 Å². The minimum absolute atomic E-state index is 0.121. The van der Waals surface area contributed by atoms with Crippen LogP contribution in [-0.2, 0) is 19.7 Å². The number of rotatable bonds is 7. The van der Waals surface area contributed by atoms with Crippen molar-refractivity contribution in [3.8, 4) is 34.8 Å². The van der Waals surface area contributed by atoms with Gasteiger partial charge in [-0.1, -0.05) is 35.8 Å². The van der Waals surface area contributed by atoms with Crippen LogP contribution in [0.1, 0.15) is 41.5 Å². The number of hydrogen-bond donors (Lipinski definition) is 10. The van der Waals surface area contributed by atoms with Crippen LogP contribution in [0.15, 0.2) is 36.4 Å². The predicted molar refractivity (Wildman–Crippen MR) is 163 cm³/mol. The Kier molecular flexibility index (Phi) is 10.7. The quantitative estimate of drug-likeness (QED) is 0.140. The molecule has 2 heterocycles. The number of carboxylic acid groups (broad SMARTS) is 1. The average Bonchev–Trinajstić information content (AvgIpc) is 3.33. The van der Waals surface area contributed by atoms with E-state index in [0.29, 0.717) is 22.3 Å². The highest BCUT2D eigenvalue weighted by molar-refractivity contribution is 5.83. The van der Waals surface area contributed by atoms with Crippen LogP contribution in [0, 0.1) is 23.7 Å². The molecule has 0 amide bonds. The zero-order chi connectivity index (χ0) is 34.0. The summed E-state index contributed by atoms with van der Waals surface area (Å²) in [7, 11) is 0. The Labute approximate surface area is 270 Å². The average molecular weight is 655 g/mol. The Morgan fingerprint density at radius 1 is 0.660 bits per heavy atom. The molecule has 2 saturated heterocycles. The topological polar surface area (TPSA) is 238 Å². The van der Waals surface area contributed by atoms with Crippen LogP contribution in [0.25, 0.3) is 11.1 Å². The van der Waals surface area contributed by atoms with Gasteiger partial charge in [-0.05, 0) is 59.4 Å². The minimum Gasteiger partial charge on any atom is -0.481 e. The molecular weight excluding hydrogens is 616 g/mol. The van der Waals surface area contributed by atoms with E-state index in [2.05, 4.69) is 23.7 Å². The van der Waals surface area contributed by atoms with Crippen molar-refractivity contribution in [2.24, 2.45) is 0 Å². The summed E-state index contributed by atoms with van der Waals surface area (Å²) < 4.78 is 11.0. The second-order valence-electron chi connectivity index (χ2n) is 12.0. The summed E-state index contributed by atoms with van der Waals surface area (Å²) in [5.74, 6) is 10.3. The Morgan fingerprint density at radius 3 is 1.49 bits per heavy atom. The Bertz CT molecular complexity index is 1480. The first kappa shape index (κ1) is 34.9. The summed E-state index contributed by atoms with van der Waals surface area (Å²) in [6.45, 7) is -1.47. The number of carbonyl (C=O) groups is 1. The van der Waals surface area contributed by atoms with Crippen molar-refractivity contribution in [2.75, 3.05) is 19.8 Å². The first-order valence-corrected chi connectivity index (χ1v) is 15.2. The Balaban J connectivity index is 1.52. The molecule has 8 unspecified atom stereocenters. The summed E-state index contributed by atoms with van der Waals surface area (Å²) in [5.41, 5.74) is 2.95. The molecule has 1 aliphatic carbocycles. The lowest BCUT2D eigenvalue weighted by Crippen LogP contribution is -2.58. The number of aliphatic hydroxyl groups excluding tert-OH is 9. The van der Waals surface area contributed by atoms with Crippen molar-refractivity contribution in [1.82, 2.24) is 0 Å². The molecule has 0 aromatic heterocycles. The van der Waals surface area contributed by atoms with Gasteiger partial charge in [0.05, 0.1) is 13.2 Å². The highest BCUT2D eigenvalue weighted by atomic mass is 16.5. The fourth-order valence-corrected chi connectivity index (χ4v) is 6.58. The minimum atomic E-state index is -1.58. The normalized spacial score (nSPS) is 34.3. The molecule has 13 heteroatoms. The molecule has 0 radical (unpaired) electrons. The molecule has 2 aromatic rings. The van der Waals surface area contributed by atoms with E-state index in [-0.39, 0.29) is 25.9 Å². The van der Waals surface area contributed by atoms with E-state index in [4.69, 9.17) is 9.47 Å². The van der Waals surface area contributed by atoms with Crippen LogP contribution in [-0.4, -0.2) is 138 Å². The second kappa shape index (κ2) is 14.4. The zero-order valence-electron chi connectivity index (χ0n) is 25.2. The molecule has 0 spiro atoms. The van der Waals surface area contributed by atoms with Crippen LogP contribution in [0.5, 0.6) is 0 Å². The molecular formula is C34H38O13. The fraction of sp³-hybridized carbons (Fsp3) is 0.500. The van der Waals surface area contributed by atoms with E-state index < -0.39 is 85.6 Å². The summed E-state index contributed by atoms with van der Waals surface area (Å²) in [6.07, 6.45) is -13.9. The van der Waals surface area contributed by atoms with Gasteiger partial charge in [0.15, 0.2) is 0 Å². The third-order valence-electron chi connectivity index (χ3n) is 9.17. The third kappa shape index (κ3) is 6.67. The van der Waals surface area contributed by atoms with Gasteiger partial charge in [-0.3, -0.25) is 4.79 Å². The molecule has 2 fully saturated rings. The second-order valence-corrected chi connectivity index (χ2v) is 12.0. The highest BCUT2D eigenvalue weighted by Gasteiger charge is 2.45. The van der Waals surface area contributed by atoms with E-state index in [1.54, 1.807) is 24.3 Å². The Morgan fingerprint density at radius 2 is 1.11 bits per heavy atom. The zero-order valence-corrected chi connectivity index (χ0v) is 25.2. The van der Waals surface area contributed by atoms with Crippen molar-refractivity contribution in [1.29, 1.82) is 0 Å². The summed E-state index contributed by atoms with van der Waals surface area (Å²) in [6, 6.07) is 10.6. The summed E-state index contributed by atoms with van der Waals surface area (Å²) >= 11 is 0. The molecule has 3 aliphatic rings. The molecule has 252 valence electrons. The van der Waals surface area contributed by atoms with Crippen molar-refractivity contribution in [3.63, 3.8) is 0 Å². The maximum absolute atomic E-state index is 11.8. The van der Waals surface area contributed by atoms with Gasteiger partial charge in [0.2, 0.25) is 0 Å². The standard InChI is InChI=1S/C34H38O13/c35-12-11-34(10-9-27(38)39)21-13-17(3-7-23-28(40)32(44)30(42)25(15-36)46-23)1-5-19(21)20-6-2-18(14-22(20)34)4-8-24-29(41)33(45)31(43)26(16-37)47-24/h1-2,5-6,13-14,23-26,28-33,35-37,40-45H,9-12,15-16H2,(H,38,39)/t23?,24?,25?,26?,28?,29?,30-,31-,32?,33?,34?/m1/s1. The highest BCUT2D eigenvalue weighted by Crippen LogP contribution is 2.53. The van der Waals surface area contributed by atoms with Gasteiger partial charge >= 0.3 is 5.97 Å². The number of hydrogen-bond acceptors (Lipinski definition) is 12. The smallest absolute Gasteiger partial charge is 0.303 e. The summed E-state index contributed by atoms with van der Waals surface area (Å²) in [4.78, 5) is 11.8. The number of carboxylic acids is 1. The largest absolute Gasteiger partial charge is 0.481 e. The van der Waals surface area contributed by atoms with Gasteiger partial charge < -0.3 is 60.5 Å². The SMILES string of the molecule is O=C(O)CCC1(CCO)c2cc(C#CC3OC(CO)[C@@H](O)C(O)C3O)ccc2-c2ccc(C#CC3OC(CO)[C@@H](O)C(O)C3O)cc21. The molecule has 2 aliphatic heterocycles. The fourth-order valence-electron chi connectivity index (χ4n) is 6.58. The van der Waals surface area contributed by atoms with Gasteiger partial charge in [0, 0.05) is 29.6 Å². The lowest BCUT2D eigenvalue weighted by molar-refractivity contribution is -0.214. The number of fused-ring (bicyclic) bond motifs is 3. The lowest BCUT2D eigenvalue weighted by atomic mass is 9.71. The first-order chi connectivity index (χ1) is 22.4. The van der Waals surface area contributed by atoms with E-state index in [1.165, 1.54) is 0 Å². The van der Waals surface area contributed by atoms with Crippen LogP contribution >= 0.6 is 0 Å². The number of aliphatic hydroxyl groups is 9. The van der Waals surface area contributed by atoms with Crippen LogP contribution < -0.4 is 0 Å². The van der Waals surface area contributed by atoms with Gasteiger partial charge in [0.1, 0.15) is 61.0 Å². The summed E-state index contributed by atoms with van der Waals surface area (Å²) in [5, 5.41) is 100. The molecule has 5 rings (SSSR count). The first-order valence-electron chi connectivity index (χ1n) is 15.2. The van der Waals surface area contributed by atoms with Crippen molar-refractivity contribution >= 4 is 5.97 Å². The molecule has 0 bridgehead atoms.